The SMILES string of the molecule is C[C@@]1(c2cc(CC(=O)c3ncc(C(F)F)nc3N)ccc2Cl)C=C(CF)OC(N)=N1. The number of alkyl halides is 3. The molecule has 1 atom stereocenters. The molecular formula is C19H17ClF3N5O2. The van der Waals surface area contributed by atoms with E-state index >= 15 is 0 Å². The van der Waals surface area contributed by atoms with E-state index in [4.69, 9.17) is 27.8 Å². The third kappa shape index (κ3) is 4.38. The normalized spacial score (nSPS) is 18.6. The molecular weight excluding hydrogens is 423 g/mol. The number of nitrogens with zero attached hydrogens (tertiary/aromatic N) is 3. The molecule has 158 valence electrons. The van der Waals surface area contributed by atoms with Crippen LogP contribution in [0.4, 0.5) is 19.0 Å². The molecule has 0 fully saturated rings. The number of carbonyl (C=O) groups is 1. The van der Waals surface area contributed by atoms with Crippen molar-refractivity contribution in [2.24, 2.45) is 10.7 Å². The van der Waals surface area contributed by atoms with Gasteiger partial charge in [-0.05, 0) is 24.6 Å². The molecule has 1 aromatic carbocycles. The summed E-state index contributed by atoms with van der Waals surface area (Å²) in [4.78, 5) is 24.0. The van der Waals surface area contributed by atoms with Gasteiger partial charge in [0.2, 0.25) is 0 Å². The van der Waals surface area contributed by atoms with E-state index in [0.29, 0.717) is 16.1 Å². The summed E-state index contributed by atoms with van der Waals surface area (Å²) in [5.74, 6) is -0.907. The zero-order valence-corrected chi connectivity index (χ0v) is 16.5. The van der Waals surface area contributed by atoms with E-state index in [2.05, 4.69) is 15.0 Å². The Morgan fingerprint density at radius 3 is 2.70 bits per heavy atom. The molecule has 2 aromatic rings. The monoisotopic (exact) mass is 439 g/mol. The number of nitrogen functional groups attached to an aromatic ring is 1. The lowest BCUT2D eigenvalue weighted by Gasteiger charge is -2.28. The van der Waals surface area contributed by atoms with Crippen LogP contribution in [-0.4, -0.2) is 28.4 Å². The molecule has 0 radical (unpaired) electrons. The van der Waals surface area contributed by atoms with Gasteiger partial charge in [-0.15, -0.1) is 0 Å². The number of amidine groups is 1. The summed E-state index contributed by atoms with van der Waals surface area (Å²) >= 11 is 6.31. The predicted molar refractivity (Wildman–Crippen MR) is 105 cm³/mol. The Morgan fingerprint density at radius 2 is 2.07 bits per heavy atom. The third-order valence-electron chi connectivity index (χ3n) is 4.40. The lowest BCUT2D eigenvalue weighted by atomic mass is 9.89. The number of halogens is 4. The van der Waals surface area contributed by atoms with Gasteiger partial charge < -0.3 is 16.2 Å². The fourth-order valence-electron chi connectivity index (χ4n) is 3.04. The first-order valence-corrected chi connectivity index (χ1v) is 9.04. The molecule has 0 amide bonds. The van der Waals surface area contributed by atoms with E-state index in [-0.39, 0.29) is 29.7 Å². The zero-order chi connectivity index (χ0) is 22.1. The van der Waals surface area contributed by atoms with Crippen LogP contribution in [0.3, 0.4) is 0 Å². The van der Waals surface area contributed by atoms with E-state index in [1.165, 1.54) is 6.08 Å². The number of nitrogens with two attached hydrogens (primary N) is 2. The average molecular weight is 440 g/mol. The Balaban J connectivity index is 1.92. The maximum absolute atomic E-state index is 13.1. The zero-order valence-electron chi connectivity index (χ0n) is 15.7. The van der Waals surface area contributed by atoms with Gasteiger partial charge in [-0.1, -0.05) is 23.7 Å². The third-order valence-corrected chi connectivity index (χ3v) is 4.73. The maximum atomic E-state index is 13.1. The highest BCUT2D eigenvalue weighted by Crippen LogP contribution is 2.37. The van der Waals surface area contributed by atoms with Crippen molar-refractivity contribution in [3.05, 3.63) is 63.8 Å². The summed E-state index contributed by atoms with van der Waals surface area (Å²) in [6.07, 6.45) is -0.741. The molecule has 0 saturated heterocycles. The molecule has 4 N–H and O–H groups in total. The highest BCUT2D eigenvalue weighted by molar-refractivity contribution is 6.31. The molecule has 11 heteroatoms. The number of ketones is 1. The van der Waals surface area contributed by atoms with Gasteiger partial charge in [0.25, 0.3) is 12.4 Å². The number of aromatic nitrogens is 2. The minimum absolute atomic E-state index is 0.00952. The summed E-state index contributed by atoms with van der Waals surface area (Å²) in [7, 11) is 0. The van der Waals surface area contributed by atoms with Crippen molar-refractivity contribution in [2.45, 2.75) is 25.3 Å². The predicted octanol–water partition coefficient (Wildman–Crippen LogP) is 3.49. The molecule has 2 heterocycles. The van der Waals surface area contributed by atoms with Crippen molar-refractivity contribution in [1.82, 2.24) is 9.97 Å². The van der Waals surface area contributed by atoms with Gasteiger partial charge in [0.15, 0.2) is 11.6 Å². The van der Waals surface area contributed by atoms with Crippen molar-refractivity contribution in [2.75, 3.05) is 12.4 Å². The molecule has 1 aliphatic rings. The van der Waals surface area contributed by atoms with Gasteiger partial charge in [0.05, 0.1) is 6.20 Å². The second-order valence-electron chi connectivity index (χ2n) is 6.69. The first-order valence-electron chi connectivity index (χ1n) is 8.66. The van der Waals surface area contributed by atoms with Crippen LogP contribution in [-0.2, 0) is 16.7 Å². The van der Waals surface area contributed by atoms with Crippen molar-refractivity contribution < 1.29 is 22.7 Å². The highest BCUT2D eigenvalue weighted by atomic mass is 35.5. The lowest BCUT2D eigenvalue weighted by molar-refractivity contribution is 0.0987. The van der Waals surface area contributed by atoms with Crippen molar-refractivity contribution in [1.29, 1.82) is 0 Å². The number of hydrogen-bond acceptors (Lipinski definition) is 7. The number of hydrogen-bond donors (Lipinski definition) is 2. The van der Waals surface area contributed by atoms with Crippen molar-refractivity contribution in [3.8, 4) is 0 Å². The summed E-state index contributed by atoms with van der Waals surface area (Å²) in [5.41, 5.74) is 10.3. The molecule has 7 nitrogen and oxygen atoms in total. The van der Waals surface area contributed by atoms with Gasteiger partial charge in [-0.25, -0.2) is 28.1 Å². The van der Waals surface area contributed by atoms with Gasteiger partial charge in [0, 0.05) is 17.0 Å². The summed E-state index contributed by atoms with van der Waals surface area (Å²) in [6.45, 7) is 0.783. The minimum atomic E-state index is -2.85. The van der Waals surface area contributed by atoms with Crippen LogP contribution < -0.4 is 11.5 Å². The van der Waals surface area contributed by atoms with Crippen molar-refractivity contribution in [3.63, 3.8) is 0 Å². The lowest BCUT2D eigenvalue weighted by Crippen LogP contribution is -2.30. The van der Waals surface area contributed by atoms with E-state index in [1.54, 1.807) is 25.1 Å². The first-order chi connectivity index (χ1) is 14.1. The number of carbonyl (C=O) groups excluding carboxylic acids is 1. The topological polar surface area (TPSA) is 116 Å². The molecule has 0 saturated carbocycles. The van der Waals surface area contributed by atoms with Crippen LogP contribution in [0.15, 0.2) is 41.2 Å². The van der Waals surface area contributed by atoms with Gasteiger partial charge in [0.1, 0.15) is 29.4 Å². The smallest absolute Gasteiger partial charge is 0.288 e. The number of anilines is 1. The molecule has 3 rings (SSSR count). The Kier molecular flexibility index (Phi) is 5.97. The van der Waals surface area contributed by atoms with Crippen LogP contribution >= 0.6 is 11.6 Å². The first kappa shape index (κ1) is 21.6. The number of benzene rings is 1. The van der Waals surface area contributed by atoms with Crippen LogP contribution in [0.25, 0.3) is 0 Å². The van der Waals surface area contributed by atoms with E-state index < -0.39 is 30.1 Å². The molecule has 0 spiro atoms. The minimum Gasteiger partial charge on any atom is -0.428 e. The van der Waals surface area contributed by atoms with Gasteiger partial charge >= 0.3 is 0 Å². The molecule has 1 aromatic heterocycles. The second kappa shape index (κ2) is 8.31. The maximum Gasteiger partial charge on any atom is 0.288 e. The second-order valence-corrected chi connectivity index (χ2v) is 7.09. The van der Waals surface area contributed by atoms with Crippen LogP contribution in [0.2, 0.25) is 5.02 Å². The van der Waals surface area contributed by atoms with Gasteiger partial charge in [-0.2, -0.15) is 0 Å². The molecule has 0 bridgehead atoms. The Morgan fingerprint density at radius 1 is 1.33 bits per heavy atom. The van der Waals surface area contributed by atoms with E-state index in [9.17, 15) is 18.0 Å². The average Bonchev–Trinajstić information content (AvgIpc) is 2.68. The standard InChI is InChI=1S/C19H17ClF3N5O2/c1-19(6-10(7-21)30-18(25)28-19)11-4-9(2-3-12(11)20)5-14(29)15-17(24)27-13(8-26-15)16(22)23/h2-4,6,8,16H,5,7H2,1H3,(H2,24,27)(H2,25,28)/t19-/m0/s1. The number of aliphatic imine (C=N–C) groups is 1. The van der Waals surface area contributed by atoms with E-state index in [0.717, 1.165) is 6.20 Å². The number of Topliss-reactive ketones (excluding diaryl/α,β-unsaturated/α-hetero) is 1. The number of rotatable bonds is 6. The van der Waals surface area contributed by atoms with Crippen LogP contribution in [0.5, 0.6) is 0 Å². The Bertz CT molecular complexity index is 1060. The van der Waals surface area contributed by atoms with Crippen LogP contribution in [0.1, 0.15) is 40.7 Å². The Hall–Kier alpha value is -3.14. The fourth-order valence-corrected chi connectivity index (χ4v) is 3.35. The highest BCUT2D eigenvalue weighted by Gasteiger charge is 2.32. The summed E-state index contributed by atoms with van der Waals surface area (Å²) in [6, 6.07) is 4.57. The summed E-state index contributed by atoms with van der Waals surface area (Å²) in [5, 5.41) is 0.321. The van der Waals surface area contributed by atoms with Gasteiger partial charge in [-0.3, -0.25) is 4.79 Å². The fraction of sp³-hybridized carbons (Fsp3) is 0.263. The number of ether oxygens (including phenoxy) is 1. The van der Waals surface area contributed by atoms with E-state index in [1.807, 2.05) is 0 Å². The molecule has 0 unspecified atom stereocenters. The molecule has 30 heavy (non-hydrogen) atoms. The molecule has 1 aliphatic heterocycles. The molecule has 0 aliphatic carbocycles. The quantitative estimate of drug-likeness (QED) is 0.665. The summed E-state index contributed by atoms with van der Waals surface area (Å²) < 4.78 is 43.5. The Labute approximate surface area is 174 Å². The van der Waals surface area contributed by atoms with Crippen molar-refractivity contribution >= 4 is 29.2 Å². The van der Waals surface area contributed by atoms with Crippen LogP contribution in [0, 0.1) is 0 Å². The number of allylic oxidation sites excluding steroid dienone is 1. The largest absolute Gasteiger partial charge is 0.428 e.